The van der Waals surface area contributed by atoms with Crippen molar-refractivity contribution in [2.45, 2.75) is 52.0 Å². The van der Waals surface area contributed by atoms with Gasteiger partial charge < -0.3 is 9.64 Å². The third-order valence-electron chi connectivity index (χ3n) is 3.75. The Morgan fingerprint density at radius 2 is 1.71 bits per heavy atom. The highest BCUT2D eigenvalue weighted by molar-refractivity contribution is 5.53. The van der Waals surface area contributed by atoms with Crippen LogP contribution in [0, 0.1) is 0 Å². The van der Waals surface area contributed by atoms with Crippen LogP contribution >= 0.6 is 0 Å². The molecule has 1 saturated heterocycles. The first-order valence-corrected chi connectivity index (χ1v) is 7.30. The molecule has 2 rings (SSSR count). The van der Waals surface area contributed by atoms with Gasteiger partial charge in [-0.15, -0.1) is 0 Å². The molecule has 2 nitrogen and oxygen atoms in total. The molecule has 2 unspecified atom stereocenters. The fourth-order valence-corrected chi connectivity index (χ4v) is 2.88. The second kappa shape index (κ2) is 5.87. The Labute approximate surface area is 123 Å². The van der Waals surface area contributed by atoms with Crippen LogP contribution in [0.4, 0.5) is 18.9 Å². The van der Waals surface area contributed by atoms with Crippen LogP contribution < -0.4 is 4.90 Å². The highest BCUT2D eigenvalue weighted by Crippen LogP contribution is 2.37. The van der Waals surface area contributed by atoms with Gasteiger partial charge in [0.05, 0.1) is 17.8 Å². The minimum absolute atomic E-state index is 0.0212. The van der Waals surface area contributed by atoms with Crippen LogP contribution in [-0.4, -0.2) is 25.3 Å². The molecule has 0 N–H and O–H groups in total. The number of hydrogen-bond donors (Lipinski definition) is 0. The molecule has 1 aromatic rings. The largest absolute Gasteiger partial charge is 0.416 e. The molecule has 0 spiro atoms. The molecular weight excluding hydrogens is 279 g/mol. The van der Waals surface area contributed by atoms with Gasteiger partial charge >= 0.3 is 6.18 Å². The van der Waals surface area contributed by atoms with Gasteiger partial charge in [-0.3, -0.25) is 0 Å². The Morgan fingerprint density at radius 3 is 2.19 bits per heavy atom. The molecule has 1 aromatic carbocycles. The lowest BCUT2D eigenvalue weighted by Gasteiger charge is -2.37. The van der Waals surface area contributed by atoms with E-state index in [0.29, 0.717) is 24.3 Å². The first-order chi connectivity index (χ1) is 9.68. The van der Waals surface area contributed by atoms with E-state index in [9.17, 15) is 13.2 Å². The van der Waals surface area contributed by atoms with Gasteiger partial charge in [0.1, 0.15) is 0 Å². The topological polar surface area (TPSA) is 12.5 Å². The summed E-state index contributed by atoms with van der Waals surface area (Å²) in [7, 11) is 0. The monoisotopic (exact) mass is 301 g/mol. The predicted molar refractivity (Wildman–Crippen MR) is 77.8 cm³/mol. The average Bonchev–Trinajstić information content (AvgIpc) is 2.35. The third-order valence-corrected chi connectivity index (χ3v) is 3.75. The fourth-order valence-electron chi connectivity index (χ4n) is 2.88. The molecule has 0 aromatic heterocycles. The average molecular weight is 301 g/mol. The van der Waals surface area contributed by atoms with E-state index in [2.05, 4.69) is 0 Å². The first-order valence-electron chi connectivity index (χ1n) is 7.30. The number of alkyl halides is 3. The van der Waals surface area contributed by atoms with E-state index < -0.39 is 11.7 Å². The van der Waals surface area contributed by atoms with E-state index in [-0.39, 0.29) is 18.1 Å². The summed E-state index contributed by atoms with van der Waals surface area (Å²) in [6.45, 7) is 8.67. The molecule has 1 fully saturated rings. The number of anilines is 1. The van der Waals surface area contributed by atoms with Crippen molar-refractivity contribution in [1.29, 1.82) is 0 Å². The van der Waals surface area contributed by atoms with Crippen LogP contribution in [0.3, 0.4) is 0 Å². The zero-order valence-corrected chi connectivity index (χ0v) is 12.9. The van der Waals surface area contributed by atoms with E-state index in [1.165, 1.54) is 6.07 Å². The summed E-state index contributed by atoms with van der Waals surface area (Å²) in [6.07, 6.45) is -4.28. The number of hydrogen-bond acceptors (Lipinski definition) is 2. The van der Waals surface area contributed by atoms with Gasteiger partial charge in [0, 0.05) is 18.8 Å². The molecule has 2 atom stereocenters. The van der Waals surface area contributed by atoms with Gasteiger partial charge in [-0.1, -0.05) is 19.9 Å². The smallest absolute Gasteiger partial charge is 0.372 e. The molecule has 0 aliphatic carbocycles. The lowest BCUT2D eigenvalue weighted by Crippen LogP contribution is -2.45. The molecule has 0 bridgehead atoms. The maximum Gasteiger partial charge on any atom is 0.416 e. The zero-order chi connectivity index (χ0) is 15.8. The van der Waals surface area contributed by atoms with Gasteiger partial charge in [0.2, 0.25) is 0 Å². The van der Waals surface area contributed by atoms with Crippen LogP contribution in [0.2, 0.25) is 0 Å². The van der Waals surface area contributed by atoms with Crippen molar-refractivity contribution in [3.63, 3.8) is 0 Å². The molecule has 1 heterocycles. The van der Waals surface area contributed by atoms with Crippen LogP contribution in [0.5, 0.6) is 0 Å². The molecule has 1 aliphatic rings. The van der Waals surface area contributed by atoms with E-state index in [1.807, 2.05) is 18.7 Å². The molecule has 118 valence electrons. The Bertz CT molecular complexity index is 489. The maximum absolute atomic E-state index is 13.3. The highest BCUT2D eigenvalue weighted by Gasteiger charge is 2.35. The Morgan fingerprint density at radius 1 is 1.14 bits per heavy atom. The van der Waals surface area contributed by atoms with Gasteiger partial charge in [-0.2, -0.15) is 13.2 Å². The summed E-state index contributed by atoms with van der Waals surface area (Å²) in [6, 6.07) is 4.67. The molecule has 0 radical (unpaired) electrons. The summed E-state index contributed by atoms with van der Waals surface area (Å²) in [4.78, 5) is 1.97. The number of benzene rings is 1. The highest BCUT2D eigenvalue weighted by atomic mass is 19.4. The van der Waals surface area contributed by atoms with Crippen LogP contribution in [0.15, 0.2) is 18.2 Å². The zero-order valence-electron chi connectivity index (χ0n) is 12.9. The van der Waals surface area contributed by atoms with Gasteiger partial charge in [-0.05, 0) is 37.5 Å². The summed E-state index contributed by atoms with van der Waals surface area (Å²) >= 11 is 0. The molecule has 0 saturated carbocycles. The normalized spacial score (nSPS) is 23.7. The number of ether oxygens (including phenoxy) is 1. The van der Waals surface area contributed by atoms with Crippen molar-refractivity contribution in [3.05, 3.63) is 29.3 Å². The number of halogens is 3. The van der Waals surface area contributed by atoms with Gasteiger partial charge in [0.25, 0.3) is 0 Å². The van der Waals surface area contributed by atoms with Crippen molar-refractivity contribution in [2.24, 2.45) is 0 Å². The number of nitrogens with zero attached hydrogens (tertiary/aromatic N) is 1. The molecule has 1 aliphatic heterocycles. The maximum atomic E-state index is 13.3. The molecule has 21 heavy (non-hydrogen) atoms. The van der Waals surface area contributed by atoms with Gasteiger partial charge in [-0.25, -0.2) is 0 Å². The number of rotatable bonds is 2. The molecule has 0 amide bonds. The fraction of sp³-hybridized carbons (Fsp3) is 0.625. The Balaban J connectivity index is 2.38. The summed E-state index contributed by atoms with van der Waals surface area (Å²) in [5.74, 6) is -0.154. The van der Waals surface area contributed by atoms with Crippen molar-refractivity contribution >= 4 is 5.69 Å². The second-order valence-electron chi connectivity index (χ2n) is 6.09. The van der Waals surface area contributed by atoms with E-state index in [4.69, 9.17) is 4.74 Å². The Kier molecular flexibility index (Phi) is 4.51. The quantitative estimate of drug-likeness (QED) is 0.800. The summed E-state index contributed by atoms with van der Waals surface area (Å²) in [5.41, 5.74) is 0.441. The Hall–Kier alpha value is -1.23. The first kappa shape index (κ1) is 16.1. The lowest BCUT2D eigenvalue weighted by atomic mass is 9.96. The minimum atomic E-state index is -4.32. The van der Waals surface area contributed by atoms with Crippen molar-refractivity contribution < 1.29 is 17.9 Å². The van der Waals surface area contributed by atoms with Crippen molar-refractivity contribution in [1.82, 2.24) is 0 Å². The van der Waals surface area contributed by atoms with E-state index >= 15 is 0 Å². The van der Waals surface area contributed by atoms with Gasteiger partial charge in [0.15, 0.2) is 0 Å². The van der Waals surface area contributed by atoms with Crippen LogP contribution in [-0.2, 0) is 10.9 Å². The molecular formula is C16H22F3NO. The molecule has 5 heteroatoms. The SMILES string of the molecule is CC1CN(c2ccc(C(C)C)c(C(F)(F)F)c2)CC(C)O1. The summed E-state index contributed by atoms with van der Waals surface area (Å²) < 4.78 is 45.4. The van der Waals surface area contributed by atoms with E-state index in [1.54, 1.807) is 26.0 Å². The van der Waals surface area contributed by atoms with Crippen LogP contribution in [0.25, 0.3) is 0 Å². The minimum Gasteiger partial charge on any atom is -0.372 e. The van der Waals surface area contributed by atoms with E-state index in [0.717, 1.165) is 0 Å². The van der Waals surface area contributed by atoms with Crippen molar-refractivity contribution in [3.8, 4) is 0 Å². The standard InChI is InChI=1S/C16H22F3NO/c1-10(2)14-6-5-13(7-15(14)16(17,18)19)20-8-11(3)21-12(4)9-20/h5-7,10-12H,8-9H2,1-4H3. The van der Waals surface area contributed by atoms with Crippen molar-refractivity contribution in [2.75, 3.05) is 18.0 Å². The predicted octanol–water partition coefficient (Wildman–Crippen LogP) is 4.44. The third kappa shape index (κ3) is 3.70. The van der Waals surface area contributed by atoms with Crippen LogP contribution in [0.1, 0.15) is 44.7 Å². The summed E-state index contributed by atoms with van der Waals surface area (Å²) in [5, 5.41) is 0. The number of morpholine rings is 1. The lowest BCUT2D eigenvalue weighted by molar-refractivity contribution is -0.138. The second-order valence-corrected chi connectivity index (χ2v) is 6.09.